The first-order valence-corrected chi connectivity index (χ1v) is 14.0. The third kappa shape index (κ3) is 9.03. The van der Waals surface area contributed by atoms with Crippen LogP contribution in [0.3, 0.4) is 0 Å². The number of carbonyl (C=O) groups is 1. The number of Topliss-reactive ketones (excluding diaryl/α,β-unsaturated/α-hetero) is 1. The van der Waals surface area contributed by atoms with Crippen molar-refractivity contribution in [1.82, 2.24) is 9.80 Å². The number of fused-ring (bicyclic) bond motifs is 1. The standard InChI is InChI=1S/C32H36ClFN2O.2ClH/c33-30-5-1-3-26(19-30)22-35-17-14-24(15-18-35)8-13-32(37)28-10-9-27-4-2-16-36(23-29(27)20-28)21-25-6-11-31(34)12-7-25;;/h1,3,5-7,9-12,19-20,24H,2,4,8,13-18,21-23H2;2*1H. The molecule has 0 saturated carbocycles. The lowest BCUT2D eigenvalue weighted by Gasteiger charge is -2.32. The quantitative estimate of drug-likeness (QED) is 0.247. The maximum absolute atomic E-state index is 13.3. The molecule has 2 aliphatic rings. The number of hydrogen-bond acceptors (Lipinski definition) is 3. The summed E-state index contributed by atoms with van der Waals surface area (Å²) in [5.74, 6) is 0.682. The Morgan fingerprint density at radius 3 is 2.33 bits per heavy atom. The minimum absolute atomic E-state index is 0. The number of benzene rings is 3. The van der Waals surface area contributed by atoms with Crippen LogP contribution < -0.4 is 0 Å². The Labute approximate surface area is 249 Å². The average molecular weight is 592 g/mol. The number of carbonyl (C=O) groups excluding carboxylic acids is 1. The number of aryl methyl sites for hydroxylation is 1. The Balaban J connectivity index is 0.00000210. The van der Waals surface area contributed by atoms with E-state index in [2.05, 4.69) is 34.1 Å². The maximum atomic E-state index is 13.3. The molecule has 3 aromatic rings. The Hall–Kier alpha value is -1.95. The number of ketones is 1. The fourth-order valence-electron chi connectivity index (χ4n) is 5.79. The Kier molecular flexibility index (Phi) is 12.3. The molecular formula is C32H38Cl3FN2O. The highest BCUT2D eigenvalue weighted by Crippen LogP contribution is 2.26. The second-order valence-corrected chi connectivity index (χ2v) is 11.2. The van der Waals surface area contributed by atoms with E-state index in [1.807, 2.05) is 30.3 Å². The molecule has 0 atom stereocenters. The van der Waals surface area contributed by atoms with Gasteiger partial charge in [-0.15, -0.1) is 24.8 Å². The smallest absolute Gasteiger partial charge is 0.162 e. The van der Waals surface area contributed by atoms with Crippen molar-refractivity contribution in [2.24, 2.45) is 5.92 Å². The minimum atomic E-state index is -0.198. The van der Waals surface area contributed by atoms with Crippen LogP contribution in [0, 0.1) is 11.7 Å². The summed E-state index contributed by atoms with van der Waals surface area (Å²) >= 11 is 6.13. The lowest BCUT2D eigenvalue weighted by atomic mass is 9.89. The van der Waals surface area contributed by atoms with E-state index < -0.39 is 0 Å². The van der Waals surface area contributed by atoms with Crippen molar-refractivity contribution in [1.29, 1.82) is 0 Å². The molecule has 0 bridgehead atoms. The average Bonchev–Trinajstić information content (AvgIpc) is 3.10. The maximum Gasteiger partial charge on any atom is 0.162 e. The fourth-order valence-corrected chi connectivity index (χ4v) is 6.01. The molecule has 2 aliphatic heterocycles. The molecule has 2 heterocycles. The molecule has 5 rings (SSSR count). The molecular weight excluding hydrogens is 554 g/mol. The van der Waals surface area contributed by atoms with Gasteiger partial charge in [0.05, 0.1) is 0 Å². The highest BCUT2D eigenvalue weighted by molar-refractivity contribution is 6.30. The van der Waals surface area contributed by atoms with Gasteiger partial charge in [0.1, 0.15) is 5.82 Å². The molecule has 7 heteroatoms. The molecule has 0 amide bonds. The number of likely N-dealkylation sites (tertiary alicyclic amines) is 1. The molecule has 0 unspecified atom stereocenters. The molecule has 210 valence electrons. The predicted molar refractivity (Wildman–Crippen MR) is 163 cm³/mol. The van der Waals surface area contributed by atoms with Gasteiger partial charge in [0.15, 0.2) is 5.78 Å². The zero-order valence-corrected chi connectivity index (χ0v) is 24.7. The summed E-state index contributed by atoms with van der Waals surface area (Å²) in [6.45, 7) is 5.74. The van der Waals surface area contributed by atoms with Gasteiger partial charge in [0, 0.05) is 36.6 Å². The van der Waals surface area contributed by atoms with Gasteiger partial charge < -0.3 is 0 Å². The fraction of sp³-hybridized carbons (Fsp3) is 0.406. The number of piperidine rings is 1. The largest absolute Gasteiger partial charge is 0.299 e. The van der Waals surface area contributed by atoms with E-state index in [9.17, 15) is 9.18 Å². The topological polar surface area (TPSA) is 23.6 Å². The lowest BCUT2D eigenvalue weighted by Crippen LogP contribution is -2.33. The molecule has 1 fully saturated rings. The van der Waals surface area contributed by atoms with Crippen molar-refractivity contribution in [2.45, 2.75) is 58.2 Å². The van der Waals surface area contributed by atoms with Crippen LogP contribution in [0.25, 0.3) is 0 Å². The van der Waals surface area contributed by atoms with E-state index in [1.54, 1.807) is 0 Å². The van der Waals surface area contributed by atoms with Gasteiger partial charge in [-0.3, -0.25) is 14.6 Å². The lowest BCUT2D eigenvalue weighted by molar-refractivity contribution is 0.0961. The monoisotopic (exact) mass is 590 g/mol. The molecule has 3 nitrogen and oxygen atoms in total. The first-order chi connectivity index (χ1) is 18.0. The van der Waals surface area contributed by atoms with Gasteiger partial charge in [0.25, 0.3) is 0 Å². The van der Waals surface area contributed by atoms with Crippen LogP contribution in [0.15, 0.2) is 66.7 Å². The van der Waals surface area contributed by atoms with Crippen molar-refractivity contribution in [3.63, 3.8) is 0 Å². The van der Waals surface area contributed by atoms with E-state index in [0.717, 1.165) is 87.5 Å². The van der Waals surface area contributed by atoms with Gasteiger partial charge >= 0.3 is 0 Å². The van der Waals surface area contributed by atoms with E-state index >= 15 is 0 Å². The highest BCUT2D eigenvalue weighted by Gasteiger charge is 2.21. The van der Waals surface area contributed by atoms with Gasteiger partial charge in [-0.2, -0.15) is 0 Å². The van der Waals surface area contributed by atoms with Crippen LogP contribution in [-0.2, 0) is 26.1 Å². The third-order valence-electron chi connectivity index (χ3n) is 7.94. The first-order valence-electron chi connectivity index (χ1n) is 13.6. The van der Waals surface area contributed by atoms with Crippen molar-refractivity contribution >= 4 is 42.2 Å². The van der Waals surface area contributed by atoms with Crippen molar-refractivity contribution < 1.29 is 9.18 Å². The van der Waals surface area contributed by atoms with Crippen LogP contribution in [0.4, 0.5) is 4.39 Å². The Morgan fingerprint density at radius 1 is 0.846 bits per heavy atom. The summed E-state index contributed by atoms with van der Waals surface area (Å²) in [5, 5.41) is 0.796. The minimum Gasteiger partial charge on any atom is -0.299 e. The summed E-state index contributed by atoms with van der Waals surface area (Å²) in [7, 11) is 0. The van der Waals surface area contributed by atoms with Crippen LogP contribution in [-0.4, -0.2) is 35.2 Å². The van der Waals surface area contributed by atoms with E-state index in [0.29, 0.717) is 12.3 Å². The van der Waals surface area contributed by atoms with Crippen molar-refractivity contribution in [3.05, 3.63) is 105 Å². The Bertz CT molecular complexity index is 1210. The van der Waals surface area contributed by atoms with E-state index in [4.69, 9.17) is 11.6 Å². The van der Waals surface area contributed by atoms with Crippen LogP contribution in [0.1, 0.15) is 64.7 Å². The zero-order chi connectivity index (χ0) is 25.6. The van der Waals surface area contributed by atoms with E-state index in [-0.39, 0.29) is 36.4 Å². The predicted octanol–water partition coefficient (Wildman–Crippen LogP) is 8.15. The number of nitrogens with zero attached hydrogens (tertiary/aromatic N) is 2. The number of hydrogen-bond donors (Lipinski definition) is 0. The molecule has 3 aromatic carbocycles. The highest BCUT2D eigenvalue weighted by atomic mass is 35.5. The van der Waals surface area contributed by atoms with Gasteiger partial charge in [-0.25, -0.2) is 4.39 Å². The molecule has 0 aliphatic carbocycles. The van der Waals surface area contributed by atoms with Gasteiger partial charge in [-0.05, 0) is 110 Å². The summed E-state index contributed by atoms with van der Waals surface area (Å²) in [5.41, 5.74) is 5.85. The SMILES string of the molecule is Cl.Cl.O=C(CCC1CCN(Cc2cccc(Cl)c2)CC1)c1ccc2c(c1)CN(Cc1ccc(F)cc1)CCC2. The van der Waals surface area contributed by atoms with Crippen molar-refractivity contribution in [3.8, 4) is 0 Å². The first kappa shape index (κ1) is 31.6. The van der Waals surface area contributed by atoms with Gasteiger partial charge in [0.2, 0.25) is 0 Å². The zero-order valence-electron chi connectivity index (χ0n) is 22.3. The van der Waals surface area contributed by atoms with Crippen LogP contribution >= 0.6 is 36.4 Å². The molecule has 39 heavy (non-hydrogen) atoms. The third-order valence-corrected chi connectivity index (χ3v) is 8.18. The summed E-state index contributed by atoms with van der Waals surface area (Å²) in [6.07, 6.45) is 6.02. The molecule has 0 N–H and O–H groups in total. The number of halogens is 4. The van der Waals surface area contributed by atoms with Crippen molar-refractivity contribution in [2.75, 3.05) is 19.6 Å². The van der Waals surface area contributed by atoms with Crippen LogP contribution in [0.5, 0.6) is 0 Å². The van der Waals surface area contributed by atoms with Gasteiger partial charge in [-0.1, -0.05) is 48.0 Å². The summed E-state index contributed by atoms with van der Waals surface area (Å²) < 4.78 is 13.3. The Morgan fingerprint density at radius 2 is 1.59 bits per heavy atom. The molecule has 1 saturated heterocycles. The normalized spacial score (nSPS) is 16.5. The van der Waals surface area contributed by atoms with Crippen LogP contribution in [0.2, 0.25) is 5.02 Å². The van der Waals surface area contributed by atoms with E-state index in [1.165, 1.54) is 28.8 Å². The summed E-state index contributed by atoms with van der Waals surface area (Å²) in [6, 6.07) is 21.2. The second-order valence-electron chi connectivity index (χ2n) is 10.7. The molecule has 0 aromatic heterocycles. The molecule has 0 spiro atoms. The second kappa shape index (κ2) is 15.2. The summed E-state index contributed by atoms with van der Waals surface area (Å²) in [4.78, 5) is 18.0. The molecule has 0 radical (unpaired) electrons. The number of rotatable bonds is 8.